The summed E-state index contributed by atoms with van der Waals surface area (Å²) in [6.45, 7) is 9.31. The van der Waals surface area contributed by atoms with Crippen LogP contribution in [0.25, 0.3) is 32.3 Å². The van der Waals surface area contributed by atoms with E-state index in [2.05, 4.69) is 76.2 Å². The molecule has 0 aliphatic carbocycles. The second-order valence-corrected chi connectivity index (χ2v) is 8.76. The maximum atomic E-state index is 2.38. The zero-order valence-electron chi connectivity index (χ0n) is 19.3. The quantitative estimate of drug-likeness (QED) is 0.261. The highest BCUT2D eigenvalue weighted by molar-refractivity contribution is 6.15. The van der Waals surface area contributed by atoms with Gasteiger partial charge >= 0.3 is 0 Å². The van der Waals surface area contributed by atoms with E-state index in [1.807, 2.05) is 0 Å². The maximum Gasteiger partial charge on any atom is -0.0101 e. The van der Waals surface area contributed by atoms with Crippen LogP contribution in [-0.2, 0) is 25.7 Å². The molecule has 0 heteroatoms. The standard InChI is InChI=1S/C30H36/c1-5-13-25-21-17-9-10-18-22(21)27(15-7-3)30-28(16-8-4)24-20-12-11-19-23(24)26(14-6-2)29(25)30/h9-12,17-20H,5-8,13-16H2,1-4H3. The lowest BCUT2D eigenvalue weighted by Gasteiger charge is -2.24. The van der Waals surface area contributed by atoms with Gasteiger partial charge in [-0.25, -0.2) is 0 Å². The van der Waals surface area contributed by atoms with Crippen molar-refractivity contribution in [3.05, 3.63) is 70.8 Å². The van der Waals surface area contributed by atoms with E-state index in [0.29, 0.717) is 0 Å². The Morgan fingerprint density at radius 1 is 0.400 bits per heavy atom. The molecule has 0 atom stereocenters. The SMILES string of the molecule is CCCc1c2ccccc2c(CCC)c2c(CCC)c3ccccc3c(CCC)c12. The van der Waals surface area contributed by atoms with E-state index in [-0.39, 0.29) is 0 Å². The molecule has 4 aromatic rings. The molecule has 0 radical (unpaired) electrons. The highest BCUT2D eigenvalue weighted by Crippen LogP contribution is 2.43. The smallest absolute Gasteiger partial charge is 0.0101 e. The number of aryl methyl sites for hydroxylation is 4. The molecule has 4 aromatic carbocycles. The Balaban J connectivity index is 2.35. The average Bonchev–Trinajstić information content (AvgIpc) is 2.78. The van der Waals surface area contributed by atoms with Gasteiger partial charge in [-0.3, -0.25) is 0 Å². The van der Waals surface area contributed by atoms with Gasteiger partial charge in [0.1, 0.15) is 0 Å². The first-order valence-electron chi connectivity index (χ1n) is 12.1. The fraction of sp³-hybridized carbons (Fsp3) is 0.400. The summed E-state index contributed by atoms with van der Waals surface area (Å²) in [6, 6.07) is 18.4. The normalized spacial score (nSPS) is 11.7. The Kier molecular flexibility index (Phi) is 6.42. The number of rotatable bonds is 8. The van der Waals surface area contributed by atoms with Crippen LogP contribution >= 0.6 is 0 Å². The van der Waals surface area contributed by atoms with Crippen LogP contribution in [-0.4, -0.2) is 0 Å². The van der Waals surface area contributed by atoms with Gasteiger partial charge in [0.05, 0.1) is 0 Å². The summed E-state index contributed by atoms with van der Waals surface area (Å²) < 4.78 is 0. The zero-order valence-corrected chi connectivity index (χ0v) is 19.3. The Morgan fingerprint density at radius 3 is 0.833 bits per heavy atom. The van der Waals surface area contributed by atoms with Crippen LogP contribution in [0.2, 0.25) is 0 Å². The molecule has 0 fully saturated rings. The summed E-state index contributed by atoms with van der Waals surface area (Å²) >= 11 is 0. The minimum Gasteiger partial charge on any atom is -0.0651 e. The molecule has 0 aliphatic heterocycles. The summed E-state index contributed by atoms with van der Waals surface area (Å²) in [5.41, 5.74) is 6.37. The van der Waals surface area contributed by atoms with Gasteiger partial charge < -0.3 is 0 Å². The van der Waals surface area contributed by atoms with Gasteiger partial charge in [-0.1, -0.05) is 102 Å². The highest BCUT2D eigenvalue weighted by Gasteiger charge is 2.21. The second-order valence-electron chi connectivity index (χ2n) is 8.76. The lowest BCUT2D eigenvalue weighted by molar-refractivity contribution is 0.906. The van der Waals surface area contributed by atoms with Crippen LogP contribution in [0, 0.1) is 0 Å². The van der Waals surface area contributed by atoms with Crippen molar-refractivity contribution in [3.8, 4) is 0 Å². The third-order valence-corrected chi connectivity index (χ3v) is 6.61. The first kappa shape index (κ1) is 20.9. The van der Waals surface area contributed by atoms with Crippen LogP contribution in [0.1, 0.15) is 75.6 Å². The zero-order chi connectivity index (χ0) is 21.1. The Bertz CT molecular complexity index is 995. The van der Waals surface area contributed by atoms with E-state index in [4.69, 9.17) is 0 Å². The molecular weight excluding hydrogens is 360 g/mol. The van der Waals surface area contributed by atoms with Gasteiger partial charge in [-0.15, -0.1) is 0 Å². The van der Waals surface area contributed by atoms with Gasteiger partial charge in [0.15, 0.2) is 0 Å². The Hall–Kier alpha value is -2.34. The summed E-state index contributed by atoms with van der Waals surface area (Å²) in [7, 11) is 0. The van der Waals surface area contributed by atoms with E-state index in [1.165, 1.54) is 47.2 Å². The van der Waals surface area contributed by atoms with Crippen LogP contribution in [0.5, 0.6) is 0 Å². The van der Waals surface area contributed by atoms with Crippen molar-refractivity contribution in [2.75, 3.05) is 0 Å². The lowest BCUT2D eigenvalue weighted by atomic mass is 9.80. The van der Waals surface area contributed by atoms with Gasteiger partial charge in [-0.05, 0) is 80.3 Å². The van der Waals surface area contributed by atoms with Crippen LogP contribution < -0.4 is 0 Å². The van der Waals surface area contributed by atoms with E-state index in [1.54, 1.807) is 33.0 Å². The van der Waals surface area contributed by atoms with Gasteiger partial charge in [0.25, 0.3) is 0 Å². The minimum atomic E-state index is 1.16. The Morgan fingerprint density at radius 2 is 0.633 bits per heavy atom. The highest BCUT2D eigenvalue weighted by atomic mass is 14.2. The molecule has 0 saturated heterocycles. The van der Waals surface area contributed by atoms with E-state index in [0.717, 1.165) is 25.7 Å². The molecule has 156 valence electrons. The molecule has 0 nitrogen and oxygen atoms in total. The van der Waals surface area contributed by atoms with Crippen LogP contribution in [0.4, 0.5) is 0 Å². The number of hydrogen-bond acceptors (Lipinski definition) is 0. The summed E-state index contributed by atoms with van der Waals surface area (Å²) in [6.07, 6.45) is 9.38. The molecule has 0 unspecified atom stereocenters. The molecule has 0 N–H and O–H groups in total. The van der Waals surface area contributed by atoms with Crippen molar-refractivity contribution in [1.82, 2.24) is 0 Å². The topological polar surface area (TPSA) is 0 Å². The molecule has 0 amide bonds. The van der Waals surface area contributed by atoms with Crippen molar-refractivity contribution < 1.29 is 0 Å². The molecule has 30 heavy (non-hydrogen) atoms. The summed E-state index contributed by atoms with van der Waals surface area (Å²) in [5, 5.41) is 9.16. The molecule has 0 heterocycles. The molecule has 0 spiro atoms. The fourth-order valence-electron chi connectivity index (χ4n) is 5.56. The molecular formula is C30H36. The van der Waals surface area contributed by atoms with Crippen molar-refractivity contribution in [3.63, 3.8) is 0 Å². The molecule has 0 saturated carbocycles. The maximum absolute atomic E-state index is 2.38. The number of benzene rings is 4. The largest absolute Gasteiger partial charge is 0.0651 e. The molecule has 0 aromatic heterocycles. The van der Waals surface area contributed by atoms with Crippen molar-refractivity contribution in [1.29, 1.82) is 0 Å². The molecule has 0 bridgehead atoms. The van der Waals surface area contributed by atoms with Crippen molar-refractivity contribution in [2.45, 2.75) is 79.1 Å². The summed E-state index contributed by atoms with van der Waals surface area (Å²) in [5.74, 6) is 0. The predicted octanol–water partition coefficient (Wildman–Crippen LogP) is 8.96. The van der Waals surface area contributed by atoms with Crippen molar-refractivity contribution in [2.24, 2.45) is 0 Å². The molecule has 4 rings (SSSR count). The number of hydrogen-bond donors (Lipinski definition) is 0. The van der Waals surface area contributed by atoms with E-state index < -0.39 is 0 Å². The second kappa shape index (κ2) is 9.21. The van der Waals surface area contributed by atoms with E-state index >= 15 is 0 Å². The van der Waals surface area contributed by atoms with Gasteiger partial charge in [0.2, 0.25) is 0 Å². The van der Waals surface area contributed by atoms with Crippen LogP contribution in [0.3, 0.4) is 0 Å². The third-order valence-electron chi connectivity index (χ3n) is 6.61. The Labute approximate surface area is 182 Å². The first-order chi connectivity index (χ1) is 14.8. The summed E-state index contributed by atoms with van der Waals surface area (Å²) in [4.78, 5) is 0. The van der Waals surface area contributed by atoms with E-state index in [9.17, 15) is 0 Å². The van der Waals surface area contributed by atoms with Crippen molar-refractivity contribution >= 4 is 32.3 Å². The fourth-order valence-corrected chi connectivity index (χ4v) is 5.56. The predicted molar refractivity (Wildman–Crippen MR) is 135 cm³/mol. The molecule has 0 aliphatic rings. The monoisotopic (exact) mass is 396 g/mol. The lowest BCUT2D eigenvalue weighted by Crippen LogP contribution is -2.04. The first-order valence-corrected chi connectivity index (χ1v) is 12.1. The number of fused-ring (bicyclic) bond motifs is 3. The minimum absolute atomic E-state index is 1.16. The average molecular weight is 397 g/mol. The third kappa shape index (κ3) is 3.41. The van der Waals surface area contributed by atoms with Gasteiger partial charge in [0, 0.05) is 0 Å². The van der Waals surface area contributed by atoms with Gasteiger partial charge in [-0.2, -0.15) is 0 Å². The van der Waals surface area contributed by atoms with Crippen LogP contribution in [0.15, 0.2) is 48.5 Å².